The van der Waals surface area contributed by atoms with E-state index in [4.69, 9.17) is 12.2 Å². The molecule has 2 atom stereocenters. The quantitative estimate of drug-likeness (QED) is 0.664. The van der Waals surface area contributed by atoms with Crippen LogP contribution in [0.2, 0.25) is 0 Å². The molecular weight excluding hydrogens is 236 g/mol. The van der Waals surface area contributed by atoms with Crippen LogP contribution in [0.3, 0.4) is 0 Å². The van der Waals surface area contributed by atoms with Crippen LogP contribution in [0.15, 0.2) is 0 Å². The smallest absolute Gasteiger partial charge is 0.220 e. The van der Waals surface area contributed by atoms with Crippen molar-refractivity contribution in [1.82, 2.24) is 5.32 Å². The van der Waals surface area contributed by atoms with Gasteiger partial charge in [-0.2, -0.15) is 0 Å². The van der Waals surface area contributed by atoms with E-state index >= 15 is 0 Å². The van der Waals surface area contributed by atoms with Gasteiger partial charge in [0.05, 0.1) is 6.04 Å². The zero-order valence-corrected chi connectivity index (χ0v) is 13.0. The number of hydrogen-bond donors (Lipinski definition) is 2. The molecule has 0 bridgehead atoms. The average Bonchev–Trinajstić information content (AvgIpc) is 2.32. The van der Waals surface area contributed by atoms with E-state index in [1.54, 1.807) is 0 Å². The molecule has 0 heterocycles. The van der Waals surface area contributed by atoms with Crippen molar-refractivity contribution in [2.24, 2.45) is 17.1 Å². The summed E-state index contributed by atoms with van der Waals surface area (Å²) in [6, 6.07) is -0.125. The second-order valence-electron chi connectivity index (χ2n) is 6.25. The first-order valence-corrected chi connectivity index (χ1v) is 7.30. The summed E-state index contributed by atoms with van der Waals surface area (Å²) < 4.78 is 0. The van der Waals surface area contributed by atoms with E-state index in [0.29, 0.717) is 18.9 Å². The lowest BCUT2D eigenvalue weighted by atomic mass is 9.76. The lowest BCUT2D eigenvalue weighted by Gasteiger charge is -2.30. The summed E-state index contributed by atoms with van der Waals surface area (Å²) in [5, 5.41) is 2.91. The fraction of sp³-hybridized carbons (Fsp3) is 0.812. The van der Waals surface area contributed by atoms with Gasteiger partial charge in [-0.3, -0.25) is 4.79 Å². The summed E-state index contributed by atoms with van der Waals surface area (Å²) in [5.74, 6) is 3.15. The minimum absolute atomic E-state index is 0.0580. The number of amides is 1. The largest absolute Gasteiger partial charge is 0.342 e. The lowest BCUT2D eigenvalue weighted by molar-refractivity contribution is -0.121. The molecule has 110 valence electrons. The van der Waals surface area contributed by atoms with Crippen LogP contribution in [0.25, 0.3) is 0 Å². The van der Waals surface area contributed by atoms with E-state index in [1.807, 2.05) is 0 Å². The number of rotatable bonds is 8. The van der Waals surface area contributed by atoms with Gasteiger partial charge in [-0.25, -0.2) is 0 Å². The highest BCUT2D eigenvalue weighted by atomic mass is 16.1. The number of nitrogens with two attached hydrogens (primary N) is 1. The molecule has 3 nitrogen and oxygen atoms in total. The van der Waals surface area contributed by atoms with E-state index in [2.05, 4.69) is 38.9 Å². The number of carbonyl (C=O) groups excluding carboxylic acids is 1. The zero-order chi connectivity index (χ0) is 14.9. The van der Waals surface area contributed by atoms with Gasteiger partial charge in [0.15, 0.2) is 0 Å². The monoisotopic (exact) mass is 266 g/mol. The summed E-state index contributed by atoms with van der Waals surface area (Å²) in [5.41, 5.74) is 5.84. The summed E-state index contributed by atoms with van der Waals surface area (Å²) in [6.07, 6.45) is 9.58. The zero-order valence-electron chi connectivity index (χ0n) is 13.0. The van der Waals surface area contributed by atoms with E-state index in [0.717, 1.165) is 25.7 Å². The molecule has 0 saturated heterocycles. The first kappa shape index (κ1) is 18.0. The molecule has 0 aromatic rings. The van der Waals surface area contributed by atoms with Crippen LogP contribution in [-0.2, 0) is 4.79 Å². The Kier molecular flexibility index (Phi) is 8.51. The molecule has 0 aromatic carbocycles. The Bertz CT molecular complexity index is 299. The highest BCUT2D eigenvalue weighted by molar-refractivity contribution is 5.76. The number of nitrogens with one attached hydrogen (secondary N) is 1. The summed E-state index contributed by atoms with van der Waals surface area (Å²) >= 11 is 0. The van der Waals surface area contributed by atoms with Crippen molar-refractivity contribution in [3.63, 3.8) is 0 Å². The molecule has 0 fully saturated rings. The van der Waals surface area contributed by atoms with Crippen molar-refractivity contribution in [3.8, 4) is 12.3 Å². The standard InChI is InChI=1S/C16H30N2O/c1-6-8-14(7-2)18-15(19)10-9-13(11-12-17)16(3,4)5/h2,13-14H,6,8-12,17H2,1,3-5H3,(H,18,19). The van der Waals surface area contributed by atoms with Gasteiger partial charge in [0, 0.05) is 6.42 Å². The molecule has 1 amide bonds. The maximum atomic E-state index is 11.9. The van der Waals surface area contributed by atoms with Crippen molar-refractivity contribution >= 4 is 5.91 Å². The first-order chi connectivity index (χ1) is 8.85. The Balaban J connectivity index is 4.22. The van der Waals surface area contributed by atoms with Gasteiger partial charge in [0.2, 0.25) is 5.91 Å². The first-order valence-electron chi connectivity index (χ1n) is 7.30. The summed E-state index contributed by atoms with van der Waals surface area (Å²) in [4.78, 5) is 11.9. The molecule has 0 saturated carbocycles. The maximum absolute atomic E-state index is 11.9. The van der Waals surface area contributed by atoms with E-state index < -0.39 is 0 Å². The molecule has 3 N–H and O–H groups in total. The van der Waals surface area contributed by atoms with Crippen LogP contribution in [0.5, 0.6) is 0 Å². The van der Waals surface area contributed by atoms with Gasteiger partial charge in [0.1, 0.15) is 0 Å². The minimum Gasteiger partial charge on any atom is -0.342 e. The van der Waals surface area contributed by atoms with E-state index in [-0.39, 0.29) is 17.4 Å². The highest BCUT2D eigenvalue weighted by Gasteiger charge is 2.24. The van der Waals surface area contributed by atoms with Crippen LogP contribution in [0, 0.1) is 23.7 Å². The van der Waals surface area contributed by atoms with Gasteiger partial charge >= 0.3 is 0 Å². The van der Waals surface area contributed by atoms with E-state index in [9.17, 15) is 4.79 Å². The number of hydrogen-bond acceptors (Lipinski definition) is 2. The SMILES string of the molecule is C#CC(CCC)NC(=O)CCC(CCN)C(C)(C)C. The number of carbonyl (C=O) groups is 1. The van der Waals surface area contributed by atoms with Crippen LogP contribution >= 0.6 is 0 Å². The lowest BCUT2D eigenvalue weighted by Crippen LogP contribution is -2.34. The third kappa shape index (κ3) is 7.89. The Morgan fingerprint density at radius 2 is 1.95 bits per heavy atom. The second-order valence-corrected chi connectivity index (χ2v) is 6.25. The predicted molar refractivity (Wildman–Crippen MR) is 81.5 cm³/mol. The average molecular weight is 266 g/mol. The van der Waals surface area contributed by atoms with Gasteiger partial charge in [-0.05, 0) is 37.1 Å². The Morgan fingerprint density at radius 1 is 1.32 bits per heavy atom. The molecule has 0 aliphatic rings. The van der Waals surface area contributed by atoms with Crippen molar-refractivity contribution in [1.29, 1.82) is 0 Å². The van der Waals surface area contributed by atoms with Crippen molar-refractivity contribution < 1.29 is 4.79 Å². The van der Waals surface area contributed by atoms with Crippen molar-refractivity contribution in [2.75, 3.05) is 6.54 Å². The molecule has 0 rings (SSSR count). The second kappa shape index (κ2) is 8.98. The van der Waals surface area contributed by atoms with Gasteiger partial charge < -0.3 is 11.1 Å². The van der Waals surface area contributed by atoms with Gasteiger partial charge in [-0.15, -0.1) is 6.42 Å². The predicted octanol–water partition coefficient (Wildman–Crippen LogP) is 2.70. The highest BCUT2D eigenvalue weighted by Crippen LogP contribution is 2.31. The third-order valence-corrected chi connectivity index (χ3v) is 3.57. The normalized spacial score (nSPS) is 14.5. The topological polar surface area (TPSA) is 55.1 Å². The Hall–Kier alpha value is -1.01. The maximum Gasteiger partial charge on any atom is 0.220 e. The molecule has 0 radical (unpaired) electrons. The summed E-state index contributed by atoms with van der Waals surface area (Å²) in [6.45, 7) is 9.34. The fourth-order valence-corrected chi connectivity index (χ4v) is 2.27. The van der Waals surface area contributed by atoms with E-state index in [1.165, 1.54) is 0 Å². The summed E-state index contributed by atoms with van der Waals surface area (Å²) in [7, 11) is 0. The fourth-order valence-electron chi connectivity index (χ4n) is 2.27. The van der Waals surface area contributed by atoms with Gasteiger partial charge in [0.25, 0.3) is 0 Å². The van der Waals surface area contributed by atoms with Crippen LogP contribution in [0.1, 0.15) is 59.8 Å². The van der Waals surface area contributed by atoms with Crippen LogP contribution < -0.4 is 11.1 Å². The molecule has 0 aliphatic heterocycles. The van der Waals surface area contributed by atoms with Crippen molar-refractivity contribution in [3.05, 3.63) is 0 Å². The molecule has 0 aromatic heterocycles. The minimum atomic E-state index is -0.125. The Morgan fingerprint density at radius 3 is 2.37 bits per heavy atom. The molecule has 2 unspecified atom stereocenters. The number of terminal acetylenes is 1. The third-order valence-electron chi connectivity index (χ3n) is 3.57. The van der Waals surface area contributed by atoms with Crippen molar-refractivity contribution in [2.45, 2.75) is 65.8 Å². The van der Waals surface area contributed by atoms with Crippen LogP contribution in [0.4, 0.5) is 0 Å². The van der Waals surface area contributed by atoms with Gasteiger partial charge in [-0.1, -0.05) is 40.0 Å². The molecule has 19 heavy (non-hydrogen) atoms. The molecule has 0 aliphatic carbocycles. The molecule has 0 spiro atoms. The molecule has 3 heteroatoms. The molecular formula is C16H30N2O. The Labute approximate surface area is 118 Å². The van der Waals surface area contributed by atoms with Crippen LogP contribution in [-0.4, -0.2) is 18.5 Å².